The molecule has 0 spiro atoms. The van der Waals surface area contributed by atoms with Crippen LogP contribution in [0.4, 0.5) is 11.6 Å². The molecule has 1 aliphatic rings. The summed E-state index contributed by atoms with van der Waals surface area (Å²) in [5.74, 6) is 1.62. The number of furan rings is 1. The monoisotopic (exact) mass is 363 g/mol. The van der Waals surface area contributed by atoms with Crippen molar-refractivity contribution in [3.8, 4) is 17.2 Å². The summed E-state index contributed by atoms with van der Waals surface area (Å²) in [7, 11) is 1.60. The van der Waals surface area contributed by atoms with Gasteiger partial charge in [-0.25, -0.2) is 5.10 Å². The van der Waals surface area contributed by atoms with Gasteiger partial charge in [0, 0.05) is 5.56 Å². The molecule has 0 saturated heterocycles. The number of methoxy groups -OCH3 is 1. The maximum Gasteiger partial charge on any atom is 0.288 e. The van der Waals surface area contributed by atoms with E-state index in [9.17, 15) is 4.79 Å². The lowest BCUT2D eigenvalue weighted by Crippen LogP contribution is -2.29. The van der Waals surface area contributed by atoms with Crippen LogP contribution in [0.15, 0.2) is 51.9 Å². The van der Waals surface area contributed by atoms with Crippen molar-refractivity contribution in [1.29, 1.82) is 0 Å². The normalized spacial score (nSPS) is 14.9. The largest absolute Gasteiger partial charge is 0.497 e. The highest BCUT2D eigenvalue weighted by molar-refractivity contribution is 5.73. The lowest BCUT2D eigenvalue weighted by molar-refractivity contribution is 0.414. The average Bonchev–Trinajstić information content (AvgIpc) is 3.39. The Kier molecular flexibility index (Phi) is 3.29. The zero-order valence-corrected chi connectivity index (χ0v) is 14.1. The minimum Gasteiger partial charge on any atom is -0.497 e. The van der Waals surface area contributed by atoms with Gasteiger partial charge in [-0.15, -0.1) is 0 Å². The van der Waals surface area contributed by atoms with Crippen molar-refractivity contribution in [2.45, 2.75) is 6.04 Å². The van der Waals surface area contributed by atoms with Crippen LogP contribution in [0.5, 0.6) is 5.75 Å². The zero-order valence-electron chi connectivity index (χ0n) is 14.1. The molecule has 3 aromatic heterocycles. The summed E-state index contributed by atoms with van der Waals surface area (Å²) in [4.78, 5) is 12.5. The summed E-state index contributed by atoms with van der Waals surface area (Å²) in [6, 6.07) is 10.6. The van der Waals surface area contributed by atoms with Gasteiger partial charge in [-0.3, -0.25) is 4.79 Å². The number of tetrazole rings is 1. The van der Waals surface area contributed by atoms with Crippen LogP contribution < -0.4 is 15.6 Å². The number of ether oxygens (including phenoxy) is 1. The molecule has 0 aliphatic carbocycles. The first-order chi connectivity index (χ1) is 13.3. The fraction of sp³-hybridized carbons (Fsp3) is 0.118. The third-order valence-electron chi connectivity index (χ3n) is 4.45. The Morgan fingerprint density at radius 2 is 2.07 bits per heavy atom. The molecule has 0 unspecified atom stereocenters. The van der Waals surface area contributed by atoms with Gasteiger partial charge in [-0.1, -0.05) is 17.2 Å². The second-order valence-electron chi connectivity index (χ2n) is 5.92. The van der Waals surface area contributed by atoms with Crippen LogP contribution in [0, 0.1) is 0 Å². The molecule has 27 heavy (non-hydrogen) atoms. The minimum atomic E-state index is -0.466. The summed E-state index contributed by atoms with van der Waals surface area (Å²) in [5, 5.41) is 21.5. The van der Waals surface area contributed by atoms with E-state index < -0.39 is 6.04 Å². The molecular formula is C17H13N7O3. The second-order valence-corrected chi connectivity index (χ2v) is 5.92. The van der Waals surface area contributed by atoms with Gasteiger partial charge in [0.1, 0.15) is 23.2 Å². The van der Waals surface area contributed by atoms with E-state index in [1.54, 1.807) is 30.2 Å². The number of hydrogen-bond donors (Lipinski definition) is 2. The topological polar surface area (TPSA) is 124 Å². The van der Waals surface area contributed by atoms with Crippen molar-refractivity contribution >= 4 is 11.6 Å². The molecule has 0 fully saturated rings. The lowest BCUT2D eigenvalue weighted by Gasteiger charge is -2.27. The quantitative estimate of drug-likeness (QED) is 0.496. The van der Waals surface area contributed by atoms with E-state index in [4.69, 9.17) is 9.15 Å². The van der Waals surface area contributed by atoms with Crippen molar-refractivity contribution < 1.29 is 9.15 Å². The van der Waals surface area contributed by atoms with Gasteiger partial charge < -0.3 is 14.5 Å². The van der Waals surface area contributed by atoms with E-state index >= 15 is 0 Å². The SMILES string of the molecule is COc1ccc([C@H]2c3c(-c4ccco4)n[nH]c(=O)c3Nc3nnnn32)cc1. The molecule has 0 amide bonds. The van der Waals surface area contributed by atoms with Gasteiger partial charge in [0.05, 0.1) is 13.4 Å². The zero-order chi connectivity index (χ0) is 18.4. The van der Waals surface area contributed by atoms with E-state index in [2.05, 4.69) is 31.0 Å². The molecule has 10 nitrogen and oxygen atoms in total. The van der Waals surface area contributed by atoms with Crippen molar-refractivity contribution in [2.75, 3.05) is 12.4 Å². The van der Waals surface area contributed by atoms with Gasteiger partial charge in [0.25, 0.3) is 5.56 Å². The van der Waals surface area contributed by atoms with Crippen LogP contribution >= 0.6 is 0 Å². The Bertz CT molecular complexity index is 1160. The Morgan fingerprint density at radius 3 is 2.81 bits per heavy atom. The van der Waals surface area contributed by atoms with Crippen LogP contribution in [-0.2, 0) is 0 Å². The molecule has 0 saturated carbocycles. The van der Waals surface area contributed by atoms with Crippen LogP contribution in [0.25, 0.3) is 11.5 Å². The third-order valence-corrected chi connectivity index (χ3v) is 4.45. The molecule has 1 atom stereocenters. The highest BCUT2D eigenvalue weighted by Gasteiger charge is 2.34. The molecule has 4 heterocycles. The molecule has 10 heteroatoms. The number of H-pyrrole nitrogens is 1. The fourth-order valence-electron chi connectivity index (χ4n) is 3.23. The van der Waals surface area contributed by atoms with Crippen molar-refractivity contribution in [3.05, 3.63) is 64.1 Å². The molecular weight excluding hydrogens is 350 g/mol. The molecule has 4 aromatic rings. The third kappa shape index (κ3) is 2.30. The lowest BCUT2D eigenvalue weighted by atomic mass is 9.94. The molecule has 5 rings (SSSR count). The number of nitrogens with zero attached hydrogens (tertiary/aromatic N) is 5. The highest BCUT2D eigenvalue weighted by Crippen LogP contribution is 2.41. The van der Waals surface area contributed by atoms with Crippen molar-refractivity contribution in [3.63, 3.8) is 0 Å². The summed E-state index contributed by atoms with van der Waals surface area (Å²) in [6.07, 6.45) is 1.55. The van der Waals surface area contributed by atoms with Gasteiger partial charge in [0.2, 0.25) is 5.95 Å². The number of benzene rings is 1. The first kappa shape index (κ1) is 15.3. The molecule has 1 aromatic carbocycles. The number of anilines is 2. The average molecular weight is 363 g/mol. The van der Waals surface area contributed by atoms with E-state index in [1.165, 1.54) is 0 Å². The standard InChI is InChI=1S/C17H13N7O3/c1-26-10-6-4-9(5-7-10)15-12-13(11-3-2-8-27-11)19-20-16(25)14(12)18-17-21-22-23-24(15)17/h2-8,15H,1H3,(H,20,25)(H,18,21,23)/t15-/m0/s1. The van der Waals surface area contributed by atoms with E-state index in [0.29, 0.717) is 28.7 Å². The van der Waals surface area contributed by atoms with Crippen molar-refractivity contribution in [2.24, 2.45) is 0 Å². The predicted octanol–water partition coefficient (Wildman–Crippen LogP) is 1.72. The first-order valence-corrected chi connectivity index (χ1v) is 8.11. The van der Waals surface area contributed by atoms with Crippen LogP contribution in [0.2, 0.25) is 0 Å². The summed E-state index contributed by atoms with van der Waals surface area (Å²) in [6.45, 7) is 0. The van der Waals surface area contributed by atoms with Crippen molar-refractivity contribution in [1.82, 2.24) is 30.4 Å². The predicted molar refractivity (Wildman–Crippen MR) is 93.9 cm³/mol. The summed E-state index contributed by atoms with van der Waals surface area (Å²) >= 11 is 0. The van der Waals surface area contributed by atoms with E-state index in [-0.39, 0.29) is 5.56 Å². The van der Waals surface area contributed by atoms with Crippen LogP contribution in [-0.4, -0.2) is 37.5 Å². The first-order valence-electron chi connectivity index (χ1n) is 8.11. The summed E-state index contributed by atoms with van der Waals surface area (Å²) in [5.41, 5.74) is 1.96. The smallest absolute Gasteiger partial charge is 0.288 e. The van der Waals surface area contributed by atoms with Crippen LogP contribution in [0.1, 0.15) is 17.2 Å². The number of rotatable bonds is 3. The van der Waals surface area contributed by atoms with E-state index in [1.807, 2.05) is 24.3 Å². The van der Waals surface area contributed by atoms with Gasteiger partial charge in [-0.2, -0.15) is 9.78 Å². The second kappa shape index (κ2) is 5.80. The van der Waals surface area contributed by atoms with E-state index in [0.717, 1.165) is 11.3 Å². The van der Waals surface area contributed by atoms with Crippen LogP contribution in [0.3, 0.4) is 0 Å². The Morgan fingerprint density at radius 1 is 1.22 bits per heavy atom. The fourth-order valence-corrected chi connectivity index (χ4v) is 3.23. The molecule has 2 N–H and O–H groups in total. The maximum atomic E-state index is 12.5. The number of aromatic nitrogens is 6. The molecule has 134 valence electrons. The Labute approximate surface area is 151 Å². The van der Waals surface area contributed by atoms with Gasteiger partial charge in [-0.05, 0) is 40.3 Å². The molecule has 0 bridgehead atoms. The number of nitrogens with one attached hydrogen (secondary N) is 2. The Hall–Kier alpha value is -3.95. The number of hydrogen-bond acceptors (Lipinski definition) is 8. The number of aromatic amines is 1. The van der Waals surface area contributed by atoms with Gasteiger partial charge >= 0.3 is 0 Å². The highest BCUT2D eigenvalue weighted by atomic mass is 16.5. The summed E-state index contributed by atoms with van der Waals surface area (Å²) < 4.78 is 12.4. The Balaban J connectivity index is 1.79. The van der Waals surface area contributed by atoms with Gasteiger partial charge in [0.15, 0.2) is 5.76 Å². The molecule has 1 aliphatic heterocycles. The minimum absolute atomic E-state index is 0.333. The number of fused-ring (bicyclic) bond motifs is 2. The maximum absolute atomic E-state index is 12.5. The molecule has 0 radical (unpaired) electrons.